The van der Waals surface area contributed by atoms with Crippen molar-refractivity contribution in [3.63, 3.8) is 0 Å². The second kappa shape index (κ2) is 18.0. The fourth-order valence-electron chi connectivity index (χ4n) is 9.45. The van der Waals surface area contributed by atoms with E-state index in [0.29, 0.717) is 33.0 Å². The molecule has 0 bridgehead atoms. The van der Waals surface area contributed by atoms with E-state index in [1.807, 2.05) is 86.6 Å². The molecule has 4 atom stereocenters. The molecular formula is C56H54O7. The molecule has 7 heteroatoms. The highest BCUT2D eigenvalue weighted by Crippen LogP contribution is 2.65. The molecule has 320 valence electrons. The maximum absolute atomic E-state index is 12.0. The van der Waals surface area contributed by atoms with Crippen LogP contribution in [0.15, 0.2) is 152 Å². The van der Waals surface area contributed by atoms with Crippen LogP contribution in [0.5, 0.6) is 17.2 Å². The third-order valence-corrected chi connectivity index (χ3v) is 13.2. The molecule has 11 rings (SSSR count). The summed E-state index contributed by atoms with van der Waals surface area (Å²) in [5.74, 6) is 2.66. The molecule has 6 aromatic carbocycles. The molecule has 2 saturated carbocycles. The van der Waals surface area contributed by atoms with Crippen molar-refractivity contribution >= 4 is 17.5 Å². The van der Waals surface area contributed by atoms with E-state index < -0.39 is 0 Å². The molecule has 63 heavy (non-hydrogen) atoms. The lowest BCUT2D eigenvalue weighted by Crippen LogP contribution is -2.29. The maximum Gasteiger partial charge on any atom is 0.309 e. The van der Waals surface area contributed by atoms with E-state index >= 15 is 0 Å². The minimum atomic E-state index is -0.0474. The fraction of sp³-hybridized carbons (Fsp3) is 0.286. The molecule has 5 aliphatic carbocycles. The molecule has 0 aromatic heterocycles. The molecule has 4 unspecified atom stereocenters. The SMILES string of the molecule is C=C1Cc2ccc(OCc3ccccc3)cc21.CCOC(=O)C1CC12Cc1ccc(OCc3ccccc3)cc12.CCOC(=O)C1CC12Cc1ccc(OCc3ccccc3)cc12. The van der Waals surface area contributed by atoms with Gasteiger partial charge in [-0.3, -0.25) is 9.59 Å². The van der Waals surface area contributed by atoms with Crippen LogP contribution >= 0.6 is 0 Å². The summed E-state index contributed by atoms with van der Waals surface area (Å²) in [7, 11) is 0. The van der Waals surface area contributed by atoms with Gasteiger partial charge in [-0.2, -0.15) is 0 Å². The summed E-state index contributed by atoms with van der Waals surface area (Å²) in [5, 5.41) is 0. The van der Waals surface area contributed by atoms with Crippen molar-refractivity contribution in [2.75, 3.05) is 13.2 Å². The van der Waals surface area contributed by atoms with E-state index in [-0.39, 0.29) is 34.6 Å². The van der Waals surface area contributed by atoms with Gasteiger partial charge in [0.15, 0.2) is 0 Å². The molecule has 2 spiro atoms. The molecule has 0 N–H and O–H groups in total. The lowest BCUT2D eigenvalue weighted by atomic mass is 9.73. The Morgan fingerprint density at radius 3 is 1.29 bits per heavy atom. The topological polar surface area (TPSA) is 80.3 Å². The third-order valence-electron chi connectivity index (χ3n) is 13.2. The Labute approximate surface area is 370 Å². The summed E-state index contributed by atoms with van der Waals surface area (Å²) in [4.78, 5) is 23.9. The standard InChI is InChI=1S/2C20H20O3.C16H14O/c2*1-2-22-19(21)18-12-20(18)11-15-8-9-16(10-17(15)20)23-13-14-6-4-3-5-7-14;1-12-9-14-7-8-15(10-16(12)14)17-11-13-5-3-2-4-6-13/h2*3-10,18H,2,11-13H2,1H3;2-8,10H,1,9,11H2. The van der Waals surface area contributed by atoms with Gasteiger partial charge in [-0.1, -0.05) is 116 Å². The molecule has 0 saturated heterocycles. The van der Waals surface area contributed by atoms with Gasteiger partial charge in [-0.05, 0) is 138 Å². The number of carbonyl (C=O) groups excluding carboxylic acids is 2. The average Bonchev–Trinajstić information content (AvgIpc) is 4.24. The first-order valence-corrected chi connectivity index (χ1v) is 22.2. The van der Waals surface area contributed by atoms with Crippen molar-refractivity contribution in [2.24, 2.45) is 11.8 Å². The van der Waals surface area contributed by atoms with E-state index in [9.17, 15) is 9.59 Å². The van der Waals surface area contributed by atoms with Crippen molar-refractivity contribution in [3.05, 3.63) is 202 Å². The molecule has 2 fully saturated rings. The van der Waals surface area contributed by atoms with E-state index in [1.165, 1.54) is 44.5 Å². The van der Waals surface area contributed by atoms with Crippen LogP contribution in [0.3, 0.4) is 0 Å². The van der Waals surface area contributed by atoms with Crippen LogP contribution in [0.2, 0.25) is 0 Å². The third kappa shape index (κ3) is 8.88. The molecule has 6 aromatic rings. The Balaban J connectivity index is 0.000000122. The van der Waals surface area contributed by atoms with E-state index in [0.717, 1.165) is 60.5 Å². The van der Waals surface area contributed by atoms with Gasteiger partial charge in [0.1, 0.15) is 37.1 Å². The van der Waals surface area contributed by atoms with Crippen molar-refractivity contribution in [3.8, 4) is 17.2 Å². The number of allylic oxidation sites excluding steroid dienone is 1. The second-order valence-corrected chi connectivity index (χ2v) is 17.2. The van der Waals surface area contributed by atoms with Crippen molar-refractivity contribution in [1.82, 2.24) is 0 Å². The normalized spacial score (nSPS) is 20.8. The zero-order valence-corrected chi connectivity index (χ0v) is 36.1. The van der Waals surface area contributed by atoms with Gasteiger partial charge in [0.2, 0.25) is 0 Å². The first-order chi connectivity index (χ1) is 30.8. The molecular weight excluding hydrogens is 785 g/mol. The van der Waals surface area contributed by atoms with Gasteiger partial charge in [0.05, 0.1) is 25.0 Å². The van der Waals surface area contributed by atoms with Crippen molar-refractivity contribution in [2.45, 2.75) is 76.6 Å². The van der Waals surface area contributed by atoms with Crippen molar-refractivity contribution in [1.29, 1.82) is 0 Å². The Morgan fingerprint density at radius 2 is 0.905 bits per heavy atom. The summed E-state index contributed by atoms with van der Waals surface area (Å²) in [5.41, 5.74) is 12.6. The zero-order valence-electron chi connectivity index (χ0n) is 36.1. The number of fused-ring (bicyclic) bond motifs is 5. The van der Waals surface area contributed by atoms with Gasteiger partial charge in [0.25, 0.3) is 0 Å². The Kier molecular flexibility index (Phi) is 11.9. The molecule has 0 radical (unpaired) electrons. The van der Waals surface area contributed by atoms with E-state index in [4.69, 9.17) is 23.7 Å². The van der Waals surface area contributed by atoms with E-state index in [2.05, 4.69) is 79.4 Å². The highest BCUT2D eigenvalue weighted by atomic mass is 16.5. The minimum absolute atomic E-state index is 0.0354. The molecule has 0 amide bonds. The largest absolute Gasteiger partial charge is 0.489 e. The predicted octanol–water partition coefficient (Wildman–Crippen LogP) is 11.1. The maximum atomic E-state index is 12.0. The van der Waals surface area contributed by atoms with Crippen LogP contribution in [0, 0.1) is 11.8 Å². The predicted molar refractivity (Wildman–Crippen MR) is 245 cm³/mol. The van der Waals surface area contributed by atoms with Crippen LogP contribution in [-0.4, -0.2) is 25.2 Å². The van der Waals surface area contributed by atoms with Gasteiger partial charge in [-0.15, -0.1) is 0 Å². The highest BCUT2D eigenvalue weighted by Gasteiger charge is 2.66. The molecule has 0 aliphatic heterocycles. The number of hydrogen-bond donors (Lipinski definition) is 0. The Morgan fingerprint density at radius 1 is 0.524 bits per heavy atom. The summed E-state index contributed by atoms with van der Waals surface area (Å²) in [6.07, 6.45) is 4.84. The summed E-state index contributed by atoms with van der Waals surface area (Å²) < 4.78 is 27.9. The van der Waals surface area contributed by atoms with Crippen LogP contribution in [0.1, 0.15) is 76.8 Å². The summed E-state index contributed by atoms with van der Waals surface area (Å²) >= 11 is 0. The lowest BCUT2D eigenvalue weighted by Gasteiger charge is -2.32. The molecule has 7 nitrogen and oxygen atoms in total. The molecule has 5 aliphatic rings. The van der Waals surface area contributed by atoms with Gasteiger partial charge in [-0.25, -0.2) is 0 Å². The van der Waals surface area contributed by atoms with Crippen LogP contribution in [0.25, 0.3) is 5.57 Å². The number of esters is 2. The number of rotatable bonds is 13. The fourth-order valence-corrected chi connectivity index (χ4v) is 9.45. The lowest BCUT2D eigenvalue weighted by molar-refractivity contribution is -0.146. The number of ether oxygens (including phenoxy) is 5. The van der Waals surface area contributed by atoms with E-state index in [1.54, 1.807) is 0 Å². The van der Waals surface area contributed by atoms with Gasteiger partial charge < -0.3 is 23.7 Å². The summed E-state index contributed by atoms with van der Waals surface area (Å²) in [6.45, 7) is 10.4. The van der Waals surface area contributed by atoms with Gasteiger partial charge >= 0.3 is 11.9 Å². The first-order valence-electron chi connectivity index (χ1n) is 22.2. The second-order valence-electron chi connectivity index (χ2n) is 17.2. The Hall–Kier alpha value is -6.60. The monoisotopic (exact) mass is 838 g/mol. The number of hydrogen-bond acceptors (Lipinski definition) is 7. The summed E-state index contributed by atoms with van der Waals surface area (Å²) in [6, 6.07) is 49.3. The minimum Gasteiger partial charge on any atom is -0.489 e. The van der Waals surface area contributed by atoms with Crippen LogP contribution < -0.4 is 14.2 Å². The van der Waals surface area contributed by atoms with Crippen LogP contribution in [0.4, 0.5) is 0 Å². The smallest absolute Gasteiger partial charge is 0.309 e. The number of benzene rings is 6. The first kappa shape index (κ1) is 41.7. The quantitative estimate of drug-likeness (QED) is 0.107. The zero-order chi connectivity index (χ0) is 43.4. The number of carbonyl (C=O) groups is 2. The van der Waals surface area contributed by atoms with Gasteiger partial charge in [0, 0.05) is 10.8 Å². The van der Waals surface area contributed by atoms with Crippen molar-refractivity contribution < 1.29 is 33.3 Å². The van der Waals surface area contributed by atoms with Crippen LogP contribution in [-0.2, 0) is 69.0 Å². The Bertz CT molecular complexity index is 2480. The molecule has 0 heterocycles. The average molecular weight is 839 g/mol. The highest BCUT2D eigenvalue weighted by molar-refractivity contribution is 5.82.